The van der Waals surface area contributed by atoms with Crippen molar-refractivity contribution >= 4 is 52.8 Å². The van der Waals surface area contributed by atoms with Gasteiger partial charge in [-0.05, 0) is 114 Å². The predicted molar refractivity (Wildman–Crippen MR) is 329 cm³/mol. The van der Waals surface area contributed by atoms with Gasteiger partial charge in [0.2, 0.25) is 23.5 Å². The van der Waals surface area contributed by atoms with Crippen molar-refractivity contribution in [1.82, 2.24) is 45.9 Å². The number of nitrogens with one attached hydrogen (secondary N) is 5. The minimum atomic E-state index is -2.95. The summed E-state index contributed by atoms with van der Waals surface area (Å²) in [7, 11) is 1.73. The summed E-state index contributed by atoms with van der Waals surface area (Å²) in [5, 5.41) is 21.7. The zero-order valence-electron chi connectivity index (χ0n) is 50.5. The summed E-state index contributed by atoms with van der Waals surface area (Å²) in [5.41, 5.74) is 1.98. The molecule has 22 nitrogen and oxygen atoms in total. The molecule has 3 amide bonds. The van der Waals surface area contributed by atoms with Gasteiger partial charge in [0.1, 0.15) is 41.2 Å². The lowest BCUT2D eigenvalue weighted by molar-refractivity contribution is -0.139. The Balaban J connectivity index is 0.624. The van der Waals surface area contributed by atoms with E-state index in [0.29, 0.717) is 126 Å². The van der Waals surface area contributed by atoms with Gasteiger partial charge in [-0.3, -0.25) is 19.2 Å². The third-order valence-electron chi connectivity index (χ3n) is 15.3. The van der Waals surface area contributed by atoms with Gasteiger partial charge in [-0.2, -0.15) is 5.10 Å². The van der Waals surface area contributed by atoms with Crippen LogP contribution in [-0.2, 0) is 39.8 Å². The standard InChI is InChI=1S/C63H83F2N11O11S/c1-5-45(36-54(67-4)69-38-44-16-17-44)61-71-51(40-87-61)60(79)70-50-39-76(74-56(50)58(64)65)48-20-18-43(19-21-48)37-68-22-24-81-25-26-82-27-28-83-29-30-84-31-32-85-33-34-86-49-14-9-13-47(35-49)57(77)52-41-88-62(72-52)53-15-10-23-75(53)63(80)55(46-11-7-6-8-12-46)73-59(78)42(2)66-3/h5,9,13-14,18-21,35-36,39-42,44,46,53,55,58,66,68-69H,4,6-8,10-12,15-17,22-34,37-38H2,1-3H3,(H,70,79)(H,73,78)/b45-5+,54-36+/t42-,53-,55-/m0/s1. The third kappa shape index (κ3) is 20.2. The number of hydrogen-bond donors (Lipinski definition) is 5. The van der Waals surface area contributed by atoms with Crippen molar-refractivity contribution in [2.45, 2.75) is 103 Å². The highest BCUT2D eigenvalue weighted by Gasteiger charge is 2.40. The van der Waals surface area contributed by atoms with E-state index in [-0.39, 0.29) is 53.4 Å². The molecule has 3 fully saturated rings. The first-order valence-corrected chi connectivity index (χ1v) is 31.2. The molecule has 3 aliphatic rings. The van der Waals surface area contributed by atoms with Crippen LogP contribution in [-0.4, -0.2) is 166 Å². The molecule has 88 heavy (non-hydrogen) atoms. The number of amides is 3. The number of likely N-dealkylation sites (tertiary alicyclic amines) is 1. The third-order valence-corrected chi connectivity index (χ3v) is 16.3. The maximum atomic E-state index is 14.2. The fourth-order valence-electron chi connectivity index (χ4n) is 10.1. The molecule has 8 rings (SSSR count). The molecule has 2 aliphatic carbocycles. The van der Waals surface area contributed by atoms with Gasteiger partial charge in [0.15, 0.2) is 11.4 Å². The van der Waals surface area contributed by atoms with Gasteiger partial charge >= 0.3 is 0 Å². The molecule has 3 aromatic heterocycles. The van der Waals surface area contributed by atoms with E-state index < -0.39 is 30.1 Å². The molecule has 25 heteroatoms. The van der Waals surface area contributed by atoms with Crippen molar-refractivity contribution in [2.24, 2.45) is 16.8 Å². The smallest absolute Gasteiger partial charge is 0.284 e. The normalized spacial score (nSPS) is 16.4. The van der Waals surface area contributed by atoms with E-state index in [0.717, 1.165) is 62.1 Å². The Morgan fingerprint density at radius 2 is 1.55 bits per heavy atom. The van der Waals surface area contributed by atoms with E-state index in [1.165, 1.54) is 41.3 Å². The van der Waals surface area contributed by atoms with E-state index in [2.05, 4.69) is 48.4 Å². The van der Waals surface area contributed by atoms with Crippen LogP contribution in [0.1, 0.15) is 133 Å². The highest BCUT2D eigenvalue weighted by molar-refractivity contribution is 7.10. The lowest BCUT2D eigenvalue weighted by Gasteiger charge is -2.35. The van der Waals surface area contributed by atoms with Gasteiger partial charge in [-0.25, -0.2) is 28.4 Å². The molecule has 5 aromatic rings. The number of rotatable bonds is 39. The van der Waals surface area contributed by atoms with Crippen LogP contribution in [0.3, 0.4) is 0 Å². The average molecular weight is 1240 g/mol. The first kappa shape index (κ1) is 66.8. The maximum absolute atomic E-state index is 14.2. The summed E-state index contributed by atoms with van der Waals surface area (Å²) in [6.07, 6.45) is 12.0. The molecule has 5 N–H and O–H groups in total. The number of nitrogens with zero attached hydrogens (tertiary/aromatic N) is 6. The zero-order valence-corrected chi connectivity index (χ0v) is 51.3. The molecule has 0 spiro atoms. The second-order valence-electron chi connectivity index (χ2n) is 21.7. The molecule has 0 bridgehead atoms. The second kappa shape index (κ2) is 35.2. The van der Waals surface area contributed by atoms with Crippen molar-refractivity contribution < 1.29 is 60.8 Å². The topological polar surface area (TPSA) is 256 Å². The number of carbonyl (C=O) groups excluding carboxylic acids is 4. The van der Waals surface area contributed by atoms with Crippen molar-refractivity contribution in [2.75, 3.05) is 105 Å². The Hall–Kier alpha value is -7.10. The van der Waals surface area contributed by atoms with Crippen molar-refractivity contribution in [3.8, 4) is 11.4 Å². The number of anilines is 1. The number of alkyl halides is 2. The van der Waals surface area contributed by atoms with Crippen LogP contribution >= 0.6 is 11.3 Å². The number of oxazole rings is 1. The number of hydrogen-bond acceptors (Lipinski definition) is 19. The molecule has 3 atom stereocenters. The van der Waals surface area contributed by atoms with Crippen molar-refractivity contribution in [1.29, 1.82) is 0 Å². The molecule has 4 heterocycles. The van der Waals surface area contributed by atoms with Gasteiger partial charge in [-0.15, -0.1) is 11.3 Å². The zero-order chi connectivity index (χ0) is 62.0. The summed E-state index contributed by atoms with van der Waals surface area (Å²) < 4.78 is 69.1. The van der Waals surface area contributed by atoms with E-state index in [9.17, 15) is 28.0 Å². The van der Waals surface area contributed by atoms with Crippen LogP contribution in [0.4, 0.5) is 14.5 Å². The Labute approximate surface area is 516 Å². The SMILES string of the molecule is C=N/C(=C\C(=C/C)c1nc(C(=O)Nc2cn(-c3ccc(CNCCOCCOCCOCCOCCOCCOc4cccc(C(=O)c5csc([C@@H]6CCCN6C(=O)[C@@H](NC(=O)[C@H](C)NC)C6CCCCC6)n5)c4)cc3)nc2C(F)F)co1)NCC1CC1. The van der Waals surface area contributed by atoms with Crippen LogP contribution < -0.4 is 31.3 Å². The fourth-order valence-corrected chi connectivity index (χ4v) is 11.0. The number of allylic oxidation sites excluding steroid dienone is 3. The number of benzene rings is 2. The van der Waals surface area contributed by atoms with Gasteiger partial charge in [-0.1, -0.05) is 49.6 Å². The predicted octanol–water partition coefficient (Wildman–Crippen LogP) is 8.27. The average Bonchev–Trinajstić information content (AvgIpc) is 4.19. The van der Waals surface area contributed by atoms with E-state index in [1.807, 2.05) is 17.0 Å². The van der Waals surface area contributed by atoms with E-state index in [1.54, 1.807) is 74.8 Å². The van der Waals surface area contributed by atoms with Gasteiger partial charge in [0.05, 0.1) is 95.7 Å². The van der Waals surface area contributed by atoms with Crippen LogP contribution in [0.5, 0.6) is 5.75 Å². The van der Waals surface area contributed by atoms with E-state index >= 15 is 0 Å². The molecule has 1 aliphatic heterocycles. The number of aliphatic imine (C=N–C) groups is 1. The Bertz CT molecular complexity index is 3090. The molecule has 476 valence electrons. The van der Waals surface area contributed by atoms with Gasteiger partial charge in [0.25, 0.3) is 12.3 Å². The minimum absolute atomic E-state index is 0.0680. The van der Waals surface area contributed by atoms with Crippen LogP contribution in [0, 0.1) is 11.8 Å². The van der Waals surface area contributed by atoms with Crippen LogP contribution in [0.15, 0.2) is 93.8 Å². The number of likely N-dealkylation sites (N-methyl/N-ethyl adjacent to an activating group) is 1. The Kier molecular flexibility index (Phi) is 26.7. The summed E-state index contributed by atoms with van der Waals surface area (Å²) in [4.78, 5) is 68.9. The van der Waals surface area contributed by atoms with Gasteiger partial charge in [0, 0.05) is 42.7 Å². The largest absolute Gasteiger partial charge is 0.491 e. The molecule has 2 saturated carbocycles. The van der Waals surface area contributed by atoms with Crippen LogP contribution in [0.25, 0.3) is 11.3 Å². The summed E-state index contributed by atoms with van der Waals surface area (Å²) >= 11 is 1.38. The first-order valence-electron chi connectivity index (χ1n) is 30.4. The number of thiazole rings is 1. The lowest BCUT2D eigenvalue weighted by atomic mass is 9.83. The maximum Gasteiger partial charge on any atom is 0.284 e. The Morgan fingerprint density at radius 3 is 2.20 bits per heavy atom. The Morgan fingerprint density at radius 1 is 0.852 bits per heavy atom. The molecular formula is C63H83F2N11O11S. The van der Waals surface area contributed by atoms with Gasteiger partial charge < -0.3 is 64.3 Å². The summed E-state index contributed by atoms with van der Waals surface area (Å²) in [6, 6.07) is 12.9. The number of ketones is 1. The van der Waals surface area contributed by atoms with E-state index in [4.69, 9.17) is 37.8 Å². The highest BCUT2D eigenvalue weighted by Crippen LogP contribution is 2.37. The molecule has 0 unspecified atom stereocenters. The number of halogens is 2. The fraction of sp³-hybridized carbons (Fsp3) is 0.524. The number of carbonyl (C=O) groups is 4. The summed E-state index contributed by atoms with van der Waals surface area (Å²) in [5.74, 6) is 0.731. The quantitative estimate of drug-likeness (QED) is 0.0107. The number of aromatic nitrogens is 4. The molecular weight excluding hydrogens is 1160 g/mol. The monoisotopic (exact) mass is 1240 g/mol. The first-order chi connectivity index (χ1) is 42.9. The summed E-state index contributed by atoms with van der Waals surface area (Å²) in [6.45, 7) is 14.0. The van der Waals surface area contributed by atoms with Crippen molar-refractivity contribution in [3.05, 3.63) is 123 Å². The second-order valence-corrected chi connectivity index (χ2v) is 22.6. The molecule has 2 aromatic carbocycles. The number of ether oxygens (including phenoxy) is 6. The minimum Gasteiger partial charge on any atom is -0.491 e. The van der Waals surface area contributed by atoms with Crippen molar-refractivity contribution in [3.63, 3.8) is 0 Å². The highest BCUT2D eigenvalue weighted by atomic mass is 32.1. The molecule has 1 saturated heterocycles. The molecule has 0 radical (unpaired) electrons. The van der Waals surface area contributed by atoms with Crippen LogP contribution in [0.2, 0.25) is 0 Å². The lowest BCUT2D eigenvalue weighted by Crippen LogP contribution is -2.55.